The summed E-state index contributed by atoms with van der Waals surface area (Å²) in [5.74, 6) is 2.99. The first-order valence-corrected chi connectivity index (χ1v) is 9.58. The molecule has 0 radical (unpaired) electrons. The van der Waals surface area contributed by atoms with Crippen molar-refractivity contribution in [3.63, 3.8) is 0 Å². The molecule has 4 aliphatic carbocycles. The Labute approximate surface area is 140 Å². The lowest BCUT2D eigenvalue weighted by Crippen LogP contribution is -2.49. The number of carbonyl (C=O) groups excluding carboxylic acids is 2. The molecule has 4 aliphatic rings. The Hall–Kier alpha value is -0.920. The van der Waals surface area contributed by atoms with E-state index in [0.29, 0.717) is 34.7 Å². The first-order valence-electron chi connectivity index (χ1n) is 9.58. The van der Waals surface area contributed by atoms with E-state index in [1.807, 2.05) is 0 Å². The number of Topliss-reactive ketones (excluding diaryl/α,β-unsaturated/α-hetero) is 2. The molecule has 126 valence electrons. The lowest BCUT2D eigenvalue weighted by molar-refractivity contribution is -0.129. The maximum atomic E-state index is 12.1. The summed E-state index contributed by atoms with van der Waals surface area (Å²) in [6.07, 6.45) is 11.0. The van der Waals surface area contributed by atoms with Crippen LogP contribution in [0.1, 0.15) is 72.1 Å². The standard InChI is InChI=1S/C21H30O2/c1-13(22)17-6-7-18-16-5-4-14-12-15(23)8-10-20(14,2)19(16)9-11-21(17,18)3/h5,14,17-19H,4,6-12H2,1-3H3/t14?,17-,18+,19+,20+,21-/m1/s1. The van der Waals surface area contributed by atoms with Gasteiger partial charge in [0.1, 0.15) is 11.6 Å². The number of allylic oxidation sites excluding steroid dienone is 2. The molecule has 6 atom stereocenters. The molecule has 0 N–H and O–H groups in total. The number of hydrogen-bond acceptors (Lipinski definition) is 2. The van der Waals surface area contributed by atoms with E-state index in [-0.39, 0.29) is 11.3 Å². The lowest BCUT2D eigenvalue weighted by atomic mass is 9.48. The normalized spacial score (nSPS) is 49.0. The topological polar surface area (TPSA) is 34.1 Å². The van der Waals surface area contributed by atoms with Crippen molar-refractivity contribution >= 4 is 11.6 Å². The second-order valence-electron chi connectivity index (χ2n) is 9.28. The zero-order chi connectivity index (χ0) is 16.4. The Morgan fingerprint density at radius 3 is 2.57 bits per heavy atom. The van der Waals surface area contributed by atoms with Crippen LogP contribution in [0.25, 0.3) is 0 Å². The van der Waals surface area contributed by atoms with Gasteiger partial charge in [-0.1, -0.05) is 25.5 Å². The smallest absolute Gasteiger partial charge is 0.133 e. The van der Waals surface area contributed by atoms with Crippen LogP contribution < -0.4 is 0 Å². The number of rotatable bonds is 1. The predicted octanol–water partition coefficient (Wildman–Crippen LogP) is 4.72. The number of fused-ring (bicyclic) bond motifs is 5. The van der Waals surface area contributed by atoms with Crippen LogP contribution >= 0.6 is 0 Å². The molecule has 0 aromatic rings. The second kappa shape index (κ2) is 5.04. The summed E-state index contributed by atoms with van der Waals surface area (Å²) < 4.78 is 0. The van der Waals surface area contributed by atoms with Crippen LogP contribution in [0.5, 0.6) is 0 Å². The highest BCUT2D eigenvalue weighted by atomic mass is 16.1. The Morgan fingerprint density at radius 1 is 1.09 bits per heavy atom. The summed E-state index contributed by atoms with van der Waals surface area (Å²) in [5.41, 5.74) is 2.20. The number of carbonyl (C=O) groups is 2. The zero-order valence-corrected chi connectivity index (χ0v) is 14.9. The maximum Gasteiger partial charge on any atom is 0.133 e. The van der Waals surface area contributed by atoms with Crippen LogP contribution in [0, 0.1) is 34.5 Å². The van der Waals surface area contributed by atoms with Crippen LogP contribution in [0.4, 0.5) is 0 Å². The Bertz CT molecular complexity index is 589. The molecular weight excluding hydrogens is 284 g/mol. The largest absolute Gasteiger partial charge is 0.300 e. The van der Waals surface area contributed by atoms with Gasteiger partial charge in [0.25, 0.3) is 0 Å². The number of ketones is 2. The van der Waals surface area contributed by atoms with Crippen LogP contribution in [-0.4, -0.2) is 11.6 Å². The van der Waals surface area contributed by atoms with E-state index in [1.54, 1.807) is 12.5 Å². The molecule has 2 nitrogen and oxygen atoms in total. The molecular formula is C21H30O2. The fraction of sp³-hybridized carbons (Fsp3) is 0.810. The minimum atomic E-state index is 0.196. The van der Waals surface area contributed by atoms with Gasteiger partial charge in [0.05, 0.1) is 0 Å². The molecule has 1 unspecified atom stereocenters. The first-order chi connectivity index (χ1) is 10.9. The fourth-order valence-electron chi connectivity index (χ4n) is 6.97. The molecule has 0 amide bonds. The molecule has 23 heavy (non-hydrogen) atoms. The molecule has 3 fully saturated rings. The van der Waals surface area contributed by atoms with E-state index in [4.69, 9.17) is 0 Å². The first kappa shape index (κ1) is 15.6. The van der Waals surface area contributed by atoms with Gasteiger partial charge < -0.3 is 0 Å². The third kappa shape index (κ3) is 2.06. The molecule has 0 heterocycles. The van der Waals surface area contributed by atoms with Crippen LogP contribution in [0.2, 0.25) is 0 Å². The summed E-state index contributed by atoms with van der Waals surface area (Å²) in [6.45, 7) is 6.64. The predicted molar refractivity (Wildman–Crippen MR) is 90.9 cm³/mol. The summed E-state index contributed by atoms with van der Waals surface area (Å²) in [6, 6.07) is 0. The zero-order valence-electron chi connectivity index (χ0n) is 14.9. The van der Waals surface area contributed by atoms with Gasteiger partial charge in [-0.3, -0.25) is 9.59 Å². The maximum absolute atomic E-state index is 12.1. The van der Waals surface area contributed by atoms with Crippen molar-refractivity contribution in [1.29, 1.82) is 0 Å². The molecule has 4 rings (SSSR count). The second-order valence-corrected chi connectivity index (χ2v) is 9.28. The molecule has 0 saturated heterocycles. The third-order valence-electron chi connectivity index (χ3n) is 8.39. The van der Waals surface area contributed by atoms with Crippen LogP contribution in [0.3, 0.4) is 0 Å². The Kier molecular flexibility index (Phi) is 3.42. The highest BCUT2D eigenvalue weighted by Gasteiger charge is 2.58. The van der Waals surface area contributed by atoms with Gasteiger partial charge >= 0.3 is 0 Å². The van der Waals surface area contributed by atoms with Crippen molar-refractivity contribution in [2.24, 2.45) is 34.5 Å². The number of hydrogen-bond donors (Lipinski definition) is 0. The van der Waals surface area contributed by atoms with Crippen molar-refractivity contribution in [1.82, 2.24) is 0 Å². The van der Waals surface area contributed by atoms with Gasteiger partial charge in [-0.15, -0.1) is 0 Å². The monoisotopic (exact) mass is 314 g/mol. The summed E-state index contributed by atoms with van der Waals surface area (Å²) >= 11 is 0. The summed E-state index contributed by atoms with van der Waals surface area (Å²) in [5, 5.41) is 0. The van der Waals surface area contributed by atoms with Gasteiger partial charge in [-0.05, 0) is 74.0 Å². The van der Waals surface area contributed by atoms with E-state index in [0.717, 1.165) is 32.1 Å². The summed E-state index contributed by atoms with van der Waals surface area (Å²) in [7, 11) is 0. The minimum absolute atomic E-state index is 0.196. The van der Waals surface area contributed by atoms with Gasteiger partial charge in [-0.2, -0.15) is 0 Å². The average molecular weight is 314 g/mol. The van der Waals surface area contributed by atoms with E-state index < -0.39 is 0 Å². The molecule has 0 aliphatic heterocycles. The summed E-state index contributed by atoms with van der Waals surface area (Å²) in [4.78, 5) is 24.0. The molecule has 0 aromatic carbocycles. The van der Waals surface area contributed by atoms with Crippen LogP contribution in [-0.2, 0) is 9.59 Å². The Balaban J connectivity index is 1.69. The van der Waals surface area contributed by atoms with Gasteiger partial charge in [0.15, 0.2) is 0 Å². The van der Waals surface area contributed by atoms with Crippen molar-refractivity contribution < 1.29 is 9.59 Å². The molecule has 0 bridgehead atoms. The van der Waals surface area contributed by atoms with Gasteiger partial charge in [0, 0.05) is 18.8 Å². The average Bonchev–Trinajstić information content (AvgIpc) is 2.85. The quantitative estimate of drug-likeness (QED) is 0.656. The highest BCUT2D eigenvalue weighted by molar-refractivity contribution is 5.80. The third-order valence-corrected chi connectivity index (χ3v) is 8.39. The van der Waals surface area contributed by atoms with E-state index in [1.165, 1.54) is 19.3 Å². The van der Waals surface area contributed by atoms with E-state index in [9.17, 15) is 9.59 Å². The fourth-order valence-corrected chi connectivity index (χ4v) is 6.97. The molecule has 2 heteroatoms. The van der Waals surface area contributed by atoms with Crippen molar-refractivity contribution in [3.8, 4) is 0 Å². The van der Waals surface area contributed by atoms with E-state index >= 15 is 0 Å². The van der Waals surface area contributed by atoms with Crippen molar-refractivity contribution in [2.45, 2.75) is 72.1 Å². The SMILES string of the molecule is CC(=O)[C@H]1CC[C@H]2C3=CCC4CC(=O)CC[C@]4(C)[C@H]3CC[C@]12C. The lowest BCUT2D eigenvalue weighted by Gasteiger charge is -2.56. The van der Waals surface area contributed by atoms with E-state index in [2.05, 4.69) is 19.9 Å². The molecule has 0 spiro atoms. The van der Waals surface area contributed by atoms with Crippen LogP contribution in [0.15, 0.2) is 11.6 Å². The molecule has 0 aromatic heterocycles. The molecule has 3 saturated carbocycles. The Morgan fingerprint density at radius 2 is 1.83 bits per heavy atom. The van der Waals surface area contributed by atoms with Gasteiger partial charge in [-0.25, -0.2) is 0 Å². The van der Waals surface area contributed by atoms with Crippen molar-refractivity contribution in [2.75, 3.05) is 0 Å². The highest BCUT2D eigenvalue weighted by Crippen LogP contribution is 2.65. The minimum Gasteiger partial charge on any atom is -0.300 e. The van der Waals surface area contributed by atoms with Gasteiger partial charge in [0.2, 0.25) is 0 Å². The van der Waals surface area contributed by atoms with Crippen molar-refractivity contribution in [3.05, 3.63) is 11.6 Å².